The van der Waals surface area contributed by atoms with Gasteiger partial charge in [0.15, 0.2) is 0 Å². The van der Waals surface area contributed by atoms with Crippen molar-refractivity contribution >= 4 is 12.3 Å². The van der Waals surface area contributed by atoms with Gasteiger partial charge in [0.25, 0.3) is 0 Å². The molecule has 0 aromatic heterocycles. The highest BCUT2D eigenvalue weighted by atomic mass is 16.6. The number of imide groups is 1. The standard InChI is InChI=1S/C29H58N4O11/c1-4-36-7-8-38-11-12-40-15-16-42-19-20-44-22-21-43-18-17-41-14-13-39-10-9-37-6-5-33(31)25-28(30)24-32(26-34)29(35)23-27(2)3/h25-27H,4-24,30-31H2,1-3H3/b28-25-. The molecule has 0 radical (unpaired) electrons. The van der Waals surface area contributed by atoms with Gasteiger partial charge < -0.3 is 53.4 Å². The molecule has 260 valence electrons. The number of hydrogen-bond donors (Lipinski definition) is 2. The molecule has 15 nitrogen and oxygen atoms in total. The van der Waals surface area contributed by atoms with Crippen LogP contribution in [0.5, 0.6) is 0 Å². The zero-order chi connectivity index (χ0) is 32.5. The van der Waals surface area contributed by atoms with Crippen molar-refractivity contribution in [2.45, 2.75) is 27.2 Å². The van der Waals surface area contributed by atoms with Gasteiger partial charge in [-0.05, 0) is 12.8 Å². The van der Waals surface area contributed by atoms with Crippen LogP contribution in [0.15, 0.2) is 11.9 Å². The Morgan fingerprint density at radius 1 is 0.636 bits per heavy atom. The molecular formula is C29H58N4O11. The number of rotatable bonds is 34. The minimum atomic E-state index is -0.276. The largest absolute Gasteiger partial charge is 0.399 e. The van der Waals surface area contributed by atoms with Crippen molar-refractivity contribution in [2.75, 3.05) is 132 Å². The summed E-state index contributed by atoms with van der Waals surface area (Å²) in [6, 6.07) is 0. The Labute approximate surface area is 263 Å². The van der Waals surface area contributed by atoms with Crippen LogP contribution in [0.2, 0.25) is 0 Å². The summed E-state index contributed by atoms with van der Waals surface area (Å²) in [5, 5.41) is 1.35. The summed E-state index contributed by atoms with van der Waals surface area (Å²) in [4.78, 5) is 24.2. The molecule has 0 aromatic carbocycles. The van der Waals surface area contributed by atoms with E-state index in [1.165, 1.54) is 11.2 Å². The minimum absolute atomic E-state index is 0.0124. The lowest BCUT2D eigenvalue weighted by molar-refractivity contribution is -0.138. The Bertz CT molecular complexity index is 690. The van der Waals surface area contributed by atoms with Gasteiger partial charge in [0.05, 0.1) is 125 Å². The van der Waals surface area contributed by atoms with Crippen molar-refractivity contribution in [3.63, 3.8) is 0 Å². The quantitative estimate of drug-likeness (QED) is 0.0422. The normalized spacial score (nSPS) is 11.8. The number of hydrogen-bond acceptors (Lipinski definition) is 14. The average Bonchev–Trinajstić information content (AvgIpc) is 2.99. The van der Waals surface area contributed by atoms with Gasteiger partial charge in [0, 0.05) is 24.9 Å². The molecule has 4 N–H and O–H groups in total. The summed E-state index contributed by atoms with van der Waals surface area (Å²) in [6.45, 7) is 15.2. The number of hydrazine groups is 1. The second-order valence-electron chi connectivity index (χ2n) is 9.76. The maximum atomic E-state index is 12.0. The highest BCUT2D eigenvalue weighted by Crippen LogP contribution is 2.04. The van der Waals surface area contributed by atoms with E-state index in [9.17, 15) is 9.59 Å². The van der Waals surface area contributed by atoms with Gasteiger partial charge in [-0.25, -0.2) is 5.84 Å². The summed E-state index contributed by atoms with van der Waals surface area (Å²) in [6.07, 6.45) is 2.23. The number of amides is 2. The molecule has 0 aliphatic rings. The molecule has 0 fully saturated rings. The van der Waals surface area contributed by atoms with Gasteiger partial charge in [-0.2, -0.15) is 0 Å². The minimum Gasteiger partial charge on any atom is -0.399 e. The summed E-state index contributed by atoms with van der Waals surface area (Å²) < 4.78 is 48.7. The SMILES string of the molecule is CCOCCOCCOCCOCCOCCOCCOCCOCCOCCN(N)/C=C(\N)CN(C=O)C(=O)CC(C)C. The molecule has 0 atom stereocenters. The number of ether oxygens (including phenoxy) is 9. The van der Waals surface area contributed by atoms with Crippen molar-refractivity contribution in [3.8, 4) is 0 Å². The van der Waals surface area contributed by atoms with Gasteiger partial charge >= 0.3 is 0 Å². The van der Waals surface area contributed by atoms with Gasteiger partial charge in [-0.3, -0.25) is 14.5 Å². The van der Waals surface area contributed by atoms with Crippen LogP contribution >= 0.6 is 0 Å². The van der Waals surface area contributed by atoms with Crippen LogP contribution in [0, 0.1) is 5.92 Å². The van der Waals surface area contributed by atoms with E-state index in [1.807, 2.05) is 20.8 Å². The highest BCUT2D eigenvalue weighted by molar-refractivity contribution is 5.86. The van der Waals surface area contributed by atoms with Crippen LogP contribution < -0.4 is 11.6 Å². The topological polar surface area (TPSA) is 176 Å². The fourth-order valence-corrected chi connectivity index (χ4v) is 3.24. The van der Waals surface area contributed by atoms with E-state index < -0.39 is 0 Å². The monoisotopic (exact) mass is 638 g/mol. The fraction of sp³-hybridized carbons (Fsp3) is 0.862. The molecule has 2 amide bonds. The van der Waals surface area contributed by atoms with E-state index in [0.29, 0.717) is 138 Å². The second kappa shape index (κ2) is 32.5. The van der Waals surface area contributed by atoms with Crippen LogP contribution in [0.1, 0.15) is 27.2 Å². The van der Waals surface area contributed by atoms with Gasteiger partial charge in [-0.1, -0.05) is 13.8 Å². The molecule has 0 rings (SSSR count). The zero-order valence-electron chi connectivity index (χ0n) is 27.1. The first-order chi connectivity index (χ1) is 21.4. The maximum absolute atomic E-state index is 12.0. The lowest BCUT2D eigenvalue weighted by Gasteiger charge is -2.19. The summed E-state index contributed by atoms with van der Waals surface area (Å²) >= 11 is 0. The van der Waals surface area contributed by atoms with Gasteiger partial charge in [0.2, 0.25) is 12.3 Å². The molecular weight excluding hydrogens is 580 g/mol. The Hall–Kier alpha value is -1.92. The lowest BCUT2D eigenvalue weighted by atomic mass is 10.1. The third-order valence-corrected chi connectivity index (χ3v) is 5.39. The van der Waals surface area contributed by atoms with E-state index in [1.54, 1.807) is 0 Å². The van der Waals surface area contributed by atoms with Crippen molar-refractivity contribution in [2.24, 2.45) is 17.5 Å². The first kappa shape index (κ1) is 42.1. The van der Waals surface area contributed by atoms with Gasteiger partial charge in [-0.15, -0.1) is 0 Å². The Morgan fingerprint density at radius 2 is 0.977 bits per heavy atom. The van der Waals surface area contributed by atoms with Crippen molar-refractivity contribution in [1.29, 1.82) is 0 Å². The summed E-state index contributed by atoms with van der Waals surface area (Å²) in [7, 11) is 0. The molecule has 0 bridgehead atoms. The number of nitrogens with zero attached hydrogens (tertiary/aromatic N) is 2. The van der Waals surface area contributed by atoms with E-state index in [0.717, 1.165) is 4.90 Å². The Balaban J connectivity index is 3.39. The van der Waals surface area contributed by atoms with Crippen LogP contribution in [0.4, 0.5) is 0 Å². The highest BCUT2D eigenvalue weighted by Gasteiger charge is 2.15. The van der Waals surface area contributed by atoms with E-state index >= 15 is 0 Å². The molecule has 0 aromatic rings. The second-order valence-corrected chi connectivity index (χ2v) is 9.76. The van der Waals surface area contributed by atoms with Crippen LogP contribution in [-0.2, 0) is 52.2 Å². The average molecular weight is 639 g/mol. The zero-order valence-corrected chi connectivity index (χ0v) is 27.1. The molecule has 0 aliphatic heterocycles. The molecule has 0 aliphatic carbocycles. The lowest BCUT2D eigenvalue weighted by Crippen LogP contribution is -2.36. The Kier molecular flexibility index (Phi) is 31.1. The fourth-order valence-electron chi connectivity index (χ4n) is 3.24. The number of carbonyl (C=O) groups is 2. The van der Waals surface area contributed by atoms with Crippen molar-refractivity contribution in [1.82, 2.24) is 9.91 Å². The summed E-state index contributed by atoms with van der Waals surface area (Å²) in [5.74, 6) is 5.75. The molecule has 0 unspecified atom stereocenters. The Morgan fingerprint density at radius 3 is 1.30 bits per heavy atom. The first-order valence-electron chi connectivity index (χ1n) is 15.3. The molecule has 0 spiro atoms. The predicted octanol–water partition coefficient (Wildman–Crippen LogP) is 0.163. The first-order valence-corrected chi connectivity index (χ1v) is 15.3. The van der Waals surface area contributed by atoms with Crippen LogP contribution in [-0.4, -0.2) is 154 Å². The smallest absolute Gasteiger partial charge is 0.229 e. The van der Waals surface area contributed by atoms with Crippen molar-refractivity contribution < 1.29 is 52.2 Å². The van der Waals surface area contributed by atoms with Gasteiger partial charge in [0.1, 0.15) is 0 Å². The van der Waals surface area contributed by atoms with E-state index in [2.05, 4.69) is 0 Å². The van der Waals surface area contributed by atoms with E-state index in [4.69, 9.17) is 54.2 Å². The van der Waals surface area contributed by atoms with Crippen LogP contribution in [0.25, 0.3) is 0 Å². The molecule has 0 saturated carbocycles. The number of carbonyl (C=O) groups excluding carboxylic acids is 2. The van der Waals surface area contributed by atoms with Crippen molar-refractivity contribution in [3.05, 3.63) is 11.9 Å². The third-order valence-electron chi connectivity index (χ3n) is 5.39. The number of nitrogens with two attached hydrogens (primary N) is 2. The molecule has 44 heavy (non-hydrogen) atoms. The van der Waals surface area contributed by atoms with E-state index in [-0.39, 0.29) is 24.8 Å². The third kappa shape index (κ3) is 30.1. The maximum Gasteiger partial charge on any atom is 0.229 e. The van der Waals surface area contributed by atoms with Crippen LogP contribution in [0.3, 0.4) is 0 Å². The summed E-state index contributed by atoms with van der Waals surface area (Å²) in [5.41, 5.74) is 6.20. The molecule has 0 saturated heterocycles. The molecule has 0 heterocycles. The molecule has 15 heteroatoms. The predicted molar refractivity (Wildman–Crippen MR) is 163 cm³/mol.